The van der Waals surface area contributed by atoms with Crippen molar-refractivity contribution in [2.24, 2.45) is 5.41 Å². The number of likely N-dealkylation sites (tertiary alicyclic amines) is 1. The molecular formula is C20H28N2O. The number of carbonyl (C=O) groups is 1. The topological polar surface area (TPSA) is 32.3 Å². The van der Waals surface area contributed by atoms with Gasteiger partial charge in [0.15, 0.2) is 0 Å². The Kier molecular flexibility index (Phi) is 3.92. The van der Waals surface area contributed by atoms with E-state index in [0.29, 0.717) is 11.3 Å². The van der Waals surface area contributed by atoms with Gasteiger partial charge in [-0.25, -0.2) is 0 Å². The van der Waals surface area contributed by atoms with E-state index in [-0.39, 0.29) is 5.41 Å². The first kappa shape index (κ1) is 15.2. The van der Waals surface area contributed by atoms with Gasteiger partial charge in [-0.1, -0.05) is 43.2 Å². The Morgan fingerprint density at radius 1 is 0.957 bits per heavy atom. The van der Waals surface area contributed by atoms with Gasteiger partial charge in [-0.2, -0.15) is 0 Å². The number of hydrogen-bond donors (Lipinski definition) is 1. The lowest BCUT2D eigenvalue weighted by Gasteiger charge is -2.42. The third-order valence-corrected chi connectivity index (χ3v) is 6.64. The van der Waals surface area contributed by atoms with E-state index in [1.165, 1.54) is 37.7 Å². The second kappa shape index (κ2) is 5.94. The van der Waals surface area contributed by atoms with Crippen molar-refractivity contribution in [3.8, 4) is 0 Å². The van der Waals surface area contributed by atoms with Gasteiger partial charge in [0.1, 0.15) is 0 Å². The minimum atomic E-state index is -0.236. The zero-order valence-electron chi connectivity index (χ0n) is 14.0. The van der Waals surface area contributed by atoms with Gasteiger partial charge in [0.05, 0.1) is 5.41 Å². The average Bonchev–Trinajstić information content (AvgIpc) is 3.27. The molecule has 1 aliphatic carbocycles. The minimum absolute atomic E-state index is 0.236. The van der Waals surface area contributed by atoms with Crippen LogP contribution in [0.5, 0.6) is 0 Å². The third kappa shape index (κ3) is 2.59. The lowest BCUT2D eigenvalue weighted by atomic mass is 9.74. The molecule has 1 amide bonds. The second-order valence-corrected chi connectivity index (χ2v) is 7.87. The van der Waals surface area contributed by atoms with Crippen LogP contribution < -0.4 is 5.32 Å². The molecule has 2 saturated heterocycles. The Hall–Kier alpha value is -1.35. The standard InChI is InChI=1S/C20H28N2O/c23-18(22-14-11-19(12-15-22)10-13-21-16-19)20(8-4-5-9-20)17-6-2-1-3-7-17/h1-3,6-7,21H,4-5,8-16H2. The summed E-state index contributed by atoms with van der Waals surface area (Å²) in [7, 11) is 0. The summed E-state index contributed by atoms with van der Waals surface area (Å²) in [6, 6.07) is 10.5. The van der Waals surface area contributed by atoms with E-state index >= 15 is 0 Å². The highest BCUT2D eigenvalue weighted by Gasteiger charge is 2.47. The van der Waals surface area contributed by atoms with Crippen LogP contribution in [0.1, 0.15) is 50.5 Å². The lowest BCUT2D eigenvalue weighted by Crippen LogP contribution is -2.50. The number of benzene rings is 1. The van der Waals surface area contributed by atoms with Crippen molar-refractivity contribution in [1.82, 2.24) is 10.2 Å². The Bertz CT molecular complexity index is 546. The molecular weight excluding hydrogens is 284 g/mol. The summed E-state index contributed by atoms with van der Waals surface area (Å²) in [5, 5.41) is 3.51. The molecule has 0 unspecified atom stereocenters. The summed E-state index contributed by atoms with van der Waals surface area (Å²) in [5.74, 6) is 0.405. The zero-order chi connectivity index (χ0) is 15.8. The normalized spacial score (nSPS) is 25.8. The van der Waals surface area contributed by atoms with E-state index in [4.69, 9.17) is 0 Å². The molecule has 0 bridgehead atoms. The Morgan fingerprint density at radius 2 is 1.65 bits per heavy atom. The molecule has 23 heavy (non-hydrogen) atoms. The molecule has 2 heterocycles. The summed E-state index contributed by atoms with van der Waals surface area (Å²) in [6.07, 6.45) is 8.06. The maximum atomic E-state index is 13.4. The molecule has 1 N–H and O–H groups in total. The number of rotatable bonds is 2. The van der Waals surface area contributed by atoms with Gasteiger partial charge in [-0.3, -0.25) is 4.79 Å². The van der Waals surface area contributed by atoms with E-state index in [2.05, 4.69) is 34.5 Å². The number of nitrogens with one attached hydrogen (secondary N) is 1. The molecule has 4 rings (SSSR count). The fourth-order valence-electron chi connectivity index (χ4n) is 5.07. The molecule has 1 spiro atoms. The molecule has 3 fully saturated rings. The lowest BCUT2D eigenvalue weighted by molar-refractivity contribution is -0.139. The van der Waals surface area contributed by atoms with Gasteiger partial charge in [0, 0.05) is 19.6 Å². The molecule has 124 valence electrons. The number of amides is 1. The average molecular weight is 312 g/mol. The summed E-state index contributed by atoms with van der Waals surface area (Å²) in [6.45, 7) is 4.21. The van der Waals surface area contributed by atoms with Gasteiger partial charge >= 0.3 is 0 Å². The largest absolute Gasteiger partial charge is 0.342 e. The predicted octanol–water partition coefficient (Wildman–Crippen LogP) is 3.10. The number of piperidine rings is 1. The van der Waals surface area contributed by atoms with Crippen molar-refractivity contribution in [3.63, 3.8) is 0 Å². The highest BCUT2D eigenvalue weighted by Crippen LogP contribution is 2.44. The van der Waals surface area contributed by atoms with Gasteiger partial charge in [0.25, 0.3) is 0 Å². The van der Waals surface area contributed by atoms with Crippen LogP contribution in [0.3, 0.4) is 0 Å². The van der Waals surface area contributed by atoms with E-state index in [1.54, 1.807) is 0 Å². The fourth-order valence-corrected chi connectivity index (χ4v) is 5.07. The van der Waals surface area contributed by atoms with Crippen LogP contribution >= 0.6 is 0 Å². The maximum absolute atomic E-state index is 13.4. The van der Waals surface area contributed by atoms with Gasteiger partial charge < -0.3 is 10.2 Å². The summed E-state index contributed by atoms with van der Waals surface area (Å²) >= 11 is 0. The third-order valence-electron chi connectivity index (χ3n) is 6.64. The first-order valence-electron chi connectivity index (χ1n) is 9.30. The first-order valence-corrected chi connectivity index (χ1v) is 9.30. The summed E-state index contributed by atoms with van der Waals surface area (Å²) in [4.78, 5) is 15.6. The van der Waals surface area contributed by atoms with Crippen molar-refractivity contribution < 1.29 is 4.79 Å². The summed E-state index contributed by atoms with van der Waals surface area (Å²) in [5.41, 5.74) is 1.48. The van der Waals surface area contributed by atoms with Crippen LogP contribution in [-0.4, -0.2) is 37.0 Å². The van der Waals surface area contributed by atoms with E-state index < -0.39 is 0 Å². The van der Waals surface area contributed by atoms with Crippen molar-refractivity contribution in [3.05, 3.63) is 35.9 Å². The summed E-state index contributed by atoms with van der Waals surface area (Å²) < 4.78 is 0. The van der Waals surface area contributed by atoms with Gasteiger partial charge in [0.2, 0.25) is 5.91 Å². The molecule has 2 aliphatic heterocycles. The highest BCUT2D eigenvalue weighted by atomic mass is 16.2. The second-order valence-electron chi connectivity index (χ2n) is 7.87. The Morgan fingerprint density at radius 3 is 2.26 bits per heavy atom. The van der Waals surface area contributed by atoms with Gasteiger partial charge in [-0.05, 0) is 49.6 Å². The molecule has 3 heteroatoms. The Balaban J connectivity index is 1.53. The van der Waals surface area contributed by atoms with Gasteiger partial charge in [-0.15, -0.1) is 0 Å². The molecule has 1 saturated carbocycles. The molecule has 1 aromatic rings. The molecule has 0 aromatic heterocycles. The van der Waals surface area contributed by atoms with Crippen LogP contribution in [0.4, 0.5) is 0 Å². The van der Waals surface area contributed by atoms with Crippen molar-refractivity contribution >= 4 is 5.91 Å². The van der Waals surface area contributed by atoms with Crippen LogP contribution in [0.15, 0.2) is 30.3 Å². The molecule has 0 radical (unpaired) electrons. The van der Waals surface area contributed by atoms with Crippen LogP contribution in [0, 0.1) is 5.41 Å². The maximum Gasteiger partial charge on any atom is 0.233 e. The number of nitrogens with zero attached hydrogens (tertiary/aromatic N) is 1. The number of hydrogen-bond acceptors (Lipinski definition) is 2. The molecule has 3 aliphatic rings. The van der Waals surface area contributed by atoms with Crippen LogP contribution in [-0.2, 0) is 10.2 Å². The Labute approximate surface area is 139 Å². The monoisotopic (exact) mass is 312 g/mol. The predicted molar refractivity (Wildman–Crippen MR) is 92.3 cm³/mol. The highest BCUT2D eigenvalue weighted by molar-refractivity contribution is 5.88. The zero-order valence-corrected chi connectivity index (χ0v) is 14.0. The van der Waals surface area contributed by atoms with E-state index in [0.717, 1.165) is 39.0 Å². The molecule has 3 nitrogen and oxygen atoms in total. The SMILES string of the molecule is O=C(N1CCC2(CCNC2)CC1)C1(c2ccccc2)CCCC1. The quantitative estimate of drug-likeness (QED) is 0.910. The van der Waals surface area contributed by atoms with Crippen LogP contribution in [0.25, 0.3) is 0 Å². The smallest absolute Gasteiger partial charge is 0.233 e. The van der Waals surface area contributed by atoms with Crippen molar-refractivity contribution in [1.29, 1.82) is 0 Å². The number of carbonyl (C=O) groups excluding carboxylic acids is 1. The van der Waals surface area contributed by atoms with Crippen LogP contribution in [0.2, 0.25) is 0 Å². The van der Waals surface area contributed by atoms with Crippen molar-refractivity contribution in [2.75, 3.05) is 26.2 Å². The molecule has 1 aromatic carbocycles. The minimum Gasteiger partial charge on any atom is -0.342 e. The van der Waals surface area contributed by atoms with E-state index in [9.17, 15) is 4.79 Å². The molecule has 0 atom stereocenters. The van der Waals surface area contributed by atoms with E-state index in [1.807, 2.05) is 6.07 Å². The fraction of sp³-hybridized carbons (Fsp3) is 0.650. The first-order chi connectivity index (χ1) is 11.2. The van der Waals surface area contributed by atoms with Crippen molar-refractivity contribution in [2.45, 2.75) is 50.4 Å².